The predicted molar refractivity (Wildman–Crippen MR) is 104 cm³/mol. The van der Waals surface area contributed by atoms with Gasteiger partial charge in [-0.2, -0.15) is 0 Å². The molecule has 0 spiro atoms. The highest BCUT2D eigenvalue weighted by atomic mass is 16.6. The van der Waals surface area contributed by atoms with Crippen LogP contribution in [0.1, 0.15) is 10.4 Å². The van der Waals surface area contributed by atoms with E-state index in [0.29, 0.717) is 5.56 Å². The normalized spacial score (nSPS) is 10.4. The Kier molecular flexibility index (Phi) is 6.03. The second kappa shape index (κ2) is 8.83. The third kappa shape index (κ3) is 4.67. The average molecular weight is 395 g/mol. The standard InChI is InChI=1S/C21H17NO7/c1-27-20-11-15(9-10-18(20)22(25)26)28-13-21(24)29-12-19(23)17-8-4-6-14-5-2-3-7-16(14)17/h2-11H,12-13H2,1H3. The van der Waals surface area contributed by atoms with Crippen molar-refractivity contribution in [1.29, 1.82) is 0 Å². The first-order valence-electron chi connectivity index (χ1n) is 8.61. The number of nitro benzene ring substituents is 1. The van der Waals surface area contributed by atoms with E-state index in [2.05, 4.69) is 0 Å². The minimum absolute atomic E-state index is 0.00648. The van der Waals surface area contributed by atoms with Crippen molar-refractivity contribution in [2.24, 2.45) is 0 Å². The van der Waals surface area contributed by atoms with E-state index in [1.807, 2.05) is 30.3 Å². The van der Waals surface area contributed by atoms with Gasteiger partial charge in [-0.05, 0) is 16.8 Å². The van der Waals surface area contributed by atoms with Gasteiger partial charge in [-0.25, -0.2) is 4.79 Å². The largest absolute Gasteiger partial charge is 0.490 e. The minimum atomic E-state index is -0.740. The molecule has 0 atom stereocenters. The Balaban J connectivity index is 1.57. The Morgan fingerprint density at radius 3 is 2.52 bits per heavy atom. The number of carbonyl (C=O) groups excluding carboxylic acids is 2. The summed E-state index contributed by atoms with van der Waals surface area (Å²) in [7, 11) is 1.29. The number of nitro groups is 1. The van der Waals surface area contributed by atoms with Crippen molar-refractivity contribution in [2.45, 2.75) is 0 Å². The molecule has 0 saturated heterocycles. The lowest BCUT2D eigenvalue weighted by molar-refractivity contribution is -0.385. The topological polar surface area (TPSA) is 105 Å². The molecule has 0 aliphatic heterocycles. The number of ketones is 1. The quantitative estimate of drug-likeness (QED) is 0.248. The minimum Gasteiger partial charge on any atom is -0.490 e. The maximum atomic E-state index is 12.4. The number of esters is 1. The van der Waals surface area contributed by atoms with Crippen LogP contribution in [0, 0.1) is 10.1 Å². The number of hydrogen-bond acceptors (Lipinski definition) is 7. The lowest BCUT2D eigenvalue weighted by Gasteiger charge is -2.09. The van der Waals surface area contributed by atoms with Gasteiger partial charge in [0.1, 0.15) is 5.75 Å². The van der Waals surface area contributed by atoms with Crippen LogP contribution in [0.5, 0.6) is 11.5 Å². The average Bonchev–Trinajstić information content (AvgIpc) is 2.75. The number of carbonyl (C=O) groups is 2. The summed E-state index contributed by atoms with van der Waals surface area (Å²) < 4.78 is 15.2. The summed E-state index contributed by atoms with van der Waals surface area (Å²) in [5, 5.41) is 12.6. The molecule has 148 valence electrons. The number of Topliss-reactive ketones (excluding diaryl/α,β-unsaturated/α-hetero) is 1. The number of methoxy groups -OCH3 is 1. The molecule has 3 rings (SSSR count). The van der Waals surface area contributed by atoms with Gasteiger partial charge in [-0.3, -0.25) is 14.9 Å². The van der Waals surface area contributed by atoms with Gasteiger partial charge in [0.15, 0.2) is 13.2 Å². The summed E-state index contributed by atoms with van der Waals surface area (Å²) in [6.45, 7) is -0.871. The van der Waals surface area contributed by atoms with Crippen molar-refractivity contribution in [3.8, 4) is 11.5 Å². The van der Waals surface area contributed by atoms with Gasteiger partial charge < -0.3 is 14.2 Å². The van der Waals surface area contributed by atoms with E-state index in [9.17, 15) is 19.7 Å². The van der Waals surface area contributed by atoms with Crippen LogP contribution in [0.25, 0.3) is 10.8 Å². The Hall–Kier alpha value is -3.94. The monoisotopic (exact) mass is 395 g/mol. The zero-order valence-corrected chi connectivity index (χ0v) is 15.5. The van der Waals surface area contributed by atoms with E-state index in [1.165, 1.54) is 25.3 Å². The molecular formula is C21H17NO7. The van der Waals surface area contributed by atoms with E-state index in [-0.39, 0.29) is 23.0 Å². The molecule has 0 bridgehead atoms. The molecule has 0 unspecified atom stereocenters. The highest BCUT2D eigenvalue weighted by Crippen LogP contribution is 2.30. The SMILES string of the molecule is COc1cc(OCC(=O)OCC(=O)c2cccc3ccccc23)ccc1[N+](=O)[O-]. The molecule has 0 aromatic heterocycles. The van der Waals surface area contributed by atoms with Gasteiger partial charge in [0, 0.05) is 17.7 Å². The second-order valence-electron chi connectivity index (χ2n) is 5.99. The molecule has 8 nitrogen and oxygen atoms in total. The van der Waals surface area contributed by atoms with Crippen LogP contribution in [-0.4, -0.2) is 37.0 Å². The van der Waals surface area contributed by atoms with Crippen molar-refractivity contribution in [3.05, 3.63) is 76.3 Å². The first-order chi connectivity index (χ1) is 14.0. The maximum absolute atomic E-state index is 12.4. The number of ether oxygens (including phenoxy) is 3. The lowest BCUT2D eigenvalue weighted by atomic mass is 10.0. The van der Waals surface area contributed by atoms with Crippen LogP contribution < -0.4 is 9.47 Å². The molecule has 0 N–H and O–H groups in total. The van der Waals surface area contributed by atoms with E-state index in [1.54, 1.807) is 12.1 Å². The van der Waals surface area contributed by atoms with Gasteiger partial charge in [0.25, 0.3) is 0 Å². The van der Waals surface area contributed by atoms with Crippen LogP contribution in [0.3, 0.4) is 0 Å². The van der Waals surface area contributed by atoms with Crippen molar-refractivity contribution in [1.82, 2.24) is 0 Å². The summed E-state index contributed by atoms with van der Waals surface area (Å²) in [6, 6.07) is 16.6. The molecule has 3 aromatic rings. The van der Waals surface area contributed by atoms with Crippen LogP contribution >= 0.6 is 0 Å². The first kappa shape index (κ1) is 19.8. The number of benzene rings is 3. The lowest BCUT2D eigenvalue weighted by Crippen LogP contribution is -2.19. The first-order valence-corrected chi connectivity index (χ1v) is 8.61. The zero-order chi connectivity index (χ0) is 20.8. The molecule has 29 heavy (non-hydrogen) atoms. The van der Waals surface area contributed by atoms with E-state index < -0.39 is 24.1 Å². The molecular weight excluding hydrogens is 378 g/mol. The van der Waals surface area contributed by atoms with Gasteiger partial charge in [0.05, 0.1) is 12.0 Å². The fourth-order valence-corrected chi connectivity index (χ4v) is 2.77. The van der Waals surface area contributed by atoms with E-state index in [4.69, 9.17) is 14.2 Å². The van der Waals surface area contributed by atoms with Crippen LogP contribution in [0.15, 0.2) is 60.7 Å². The number of fused-ring (bicyclic) bond motifs is 1. The van der Waals surface area contributed by atoms with Crippen LogP contribution in [0.2, 0.25) is 0 Å². The second-order valence-corrected chi connectivity index (χ2v) is 5.99. The Morgan fingerprint density at radius 1 is 1.00 bits per heavy atom. The van der Waals surface area contributed by atoms with Gasteiger partial charge in [0.2, 0.25) is 11.5 Å². The third-order valence-electron chi connectivity index (χ3n) is 4.16. The molecule has 3 aromatic carbocycles. The number of nitrogens with zero attached hydrogens (tertiary/aromatic N) is 1. The molecule has 0 saturated carbocycles. The summed E-state index contributed by atoms with van der Waals surface area (Å²) in [5.74, 6) is -0.861. The summed E-state index contributed by atoms with van der Waals surface area (Å²) >= 11 is 0. The van der Waals surface area contributed by atoms with Crippen LogP contribution in [0.4, 0.5) is 5.69 Å². The molecule has 0 fully saturated rings. The maximum Gasteiger partial charge on any atom is 0.344 e. The van der Waals surface area contributed by atoms with E-state index in [0.717, 1.165) is 10.8 Å². The summed E-state index contributed by atoms with van der Waals surface area (Å²) in [6.07, 6.45) is 0. The molecule has 8 heteroatoms. The zero-order valence-electron chi connectivity index (χ0n) is 15.5. The Morgan fingerprint density at radius 2 is 1.76 bits per heavy atom. The van der Waals surface area contributed by atoms with Crippen molar-refractivity contribution >= 4 is 28.2 Å². The predicted octanol–water partition coefficient (Wildman–Crippen LogP) is 3.56. The Labute approximate surface area is 165 Å². The van der Waals surface area contributed by atoms with E-state index >= 15 is 0 Å². The Bertz CT molecular complexity index is 1070. The number of rotatable bonds is 8. The van der Waals surface area contributed by atoms with Crippen molar-refractivity contribution < 1.29 is 28.7 Å². The van der Waals surface area contributed by atoms with Gasteiger partial charge in [-0.15, -0.1) is 0 Å². The smallest absolute Gasteiger partial charge is 0.344 e. The molecule has 0 heterocycles. The molecule has 0 amide bonds. The highest BCUT2D eigenvalue weighted by Gasteiger charge is 2.17. The fourth-order valence-electron chi connectivity index (χ4n) is 2.77. The van der Waals surface area contributed by atoms with Gasteiger partial charge >= 0.3 is 11.7 Å². The number of hydrogen-bond donors (Lipinski definition) is 0. The molecule has 0 aliphatic carbocycles. The van der Waals surface area contributed by atoms with Crippen molar-refractivity contribution in [3.63, 3.8) is 0 Å². The highest BCUT2D eigenvalue weighted by molar-refractivity contribution is 6.09. The molecule has 0 aliphatic rings. The molecule has 0 radical (unpaired) electrons. The van der Waals surface area contributed by atoms with Crippen molar-refractivity contribution in [2.75, 3.05) is 20.3 Å². The van der Waals surface area contributed by atoms with Crippen LogP contribution in [-0.2, 0) is 9.53 Å². The summed E-state index contributed by atoms with van der Waals surface area (Å²) in [4.78, 5) is 34.6. The third-order valence-corrected chi connectivity index (χ3v) is 4.16. The fraction of sp³-hybridized carbons (Fsp3) is 0.143. The summed E-state index contributed by atoms with van der Waals surface area (Å²) in [5.41, 5.74) is 0.250. The van der Waals surface area contributed by atoms with Gasteiger partial charge in [-0.1, -0.05) is 42.5 Å².